The van der Waals surface area contributed by atoms with E-state index in [1.165, 1.54) is 5.56 Å². The van der Waals surface area contributed by atoms with Crippen LogP contribution in [0.5, 0.6) is 0 Å². The van der Waals surface area contributed by atoms with Crippen LogP contribution in [0.3, 0.4) is 0 Å². The number of rotatable bonds is 2. The van der Waals surface area contributed by atoms with Crippen molar-refractivity contribution in [3.05, 3.63) is 106 Å². The van der Waals surface area contributed by atoms with Gasteiger partial charge in [0, 0.05) is 17.1 Å². The van der Waals surface area contributed by atoms with Crippen molar-refractivity contribution >= 4 is 29.1 Å². The molecule has 2 atom stereocenters. The van der Waals surface area contributed by atoms with Gasteiger partial charge in [-0.3, -0.25) is 4.79 Å². The number of carbonyl (C=O) groups is 1. The van der Waals surface area contributed by atoms with Crippen LogP contribution in [0.4, 0.5) is 0 Å². The lowest BCUT2D eigenvalue weighted by atomic mass is 9.93. The number of amides is 1. The molecule has 1 amide bonds. The Bertz CT molecular complexity index is 945. The number of benzene rings is 3. The summed E-state index contributed by atoms with van der Waals surface area (Å²) < 4.78 is 5.82. The van der Waals surface area contributed by atoms with Crippen molar-refractivity contribution < 1.29 is 9.53 Å². The zero-order valence-corrected chi connectivity index (χ0v) is 17.9. The second kappa shape index (κ2) is 9.93. The predicted octanol–water partition coefficient (Wildman–Crippen LogP) is 6.26. The van der Waals surface area contributed by atoms with Crippen LogP contribution in [0.1, 0.15) is 28.8 Å². The summed E-state index contributed by atoms with van der Waals surface area (Å²) in [6.45, 7) is 2.15. The molecule has 3 nitrogen and oxygen atoms in total. The van der Waals surface area contributed by atoms with Crippen LogP contribution in [0, 0.1) is 6.92 Å². The molecule has 5 heteroatoms. The van der Waals surface area contributed by atoms with Gasteiger partial charge in [-0.25, -0.2) is 0 Å². The normalized spacial score (nSPS) is 18.8. The summed E-state index contributed by atoms with van der Waals surface area (Å²) in [5.74, 6) is -0.0433. The molecule has 1 fully saturated rings. The van der Waals surface area contributed by atoms with Crippen LogP contribution < -0.4 is 0 Å². The highest BCUT2D eigenvalue weighted by atomic mass is 35.5. The second-order valence-electron chi connectivity index (χ2n) is 6.94. The van der Waals surface area contributed by atoms with Gasteiger partial charge in [0.05, 0.1) is 6.04 Å². The summed E-state index contributed by atoms with van der Waals surface area (Å²) in [5, 5.41) is 1.31. The maximum absolute atomic E-state index is 12.0. The SMILES string of the molecule is CN1C(=O)COC(c2cccc(Cl)c2)C1c1ccc(Cl)cc1.Cc1ccccc1. The van der Waals surface area contributed by atoms with E-state index in [0.717, 1.165) is 11.1 Å². The quantitative estimate of drug-likeness (QED) is 0.482. The molecule has 0 radical (unpaired) electrons. The molecule has 1 aliphatic rings. The molecule has 2 unspecified atom stereocenters. The number of aryl methyl sites for hydroxylation is 1. The molecule has 4 rings (SSSR count). The topological polar surface area (TPSA) is 29.5 Å². The zero-order valence-electron chi connectivity index (χ0n) is 16.4. The van der Waals surface area contributed by atoms with E-state index in [0.29, 0.717) is 10.0 Å². The van der Waals surface area contributed by atoms with E-state index in [2.05, 4.69) is 19.1 Å². The smallest absolute Gasteiger partial charge is 0.248 e. The van der Waals surface area contributed by atoms with Crippen molar-refractivity contribution in [1.29, 1.82) is 0 Å². The fraction of sp³-hybridized carbons (Fsp3) is 0.208. The Morgan fingerprint density at radius 3 is 2.14 bits per heavy atom. The third-order valence-electron chi connectivity index (χ3n) is 4.81. The molecule has 0 N–H and O–H groups in total. The number of hydrogen-bond acceptors (Lipinski definition) is 2. The van der Waals surface area contributed by atoms with Gasteiger partial charge in [-0.2, -0.15) is 0 Å². The molecule has 0 aromatic heterocycles. The maximum Gasteiger partial charge on any atom is 0.248 e. The number of likely N-dealkylation sites (N-methyl/N-ethyl adjacent to an activating group) is 1. The first-order valence-corrected chi connectivity index (χ1v) is 10.1. The summed E-state index contributed by atoms with van der Waals surface area (Å²) in [4.78, 5) is 13.8. The van der Waals surface area contributed by atoms with E-state index < -0.39 is 0 Å². The number of ether oxygens (including phenoxy) is 1. The number of halogens is 2. The number of hydrogen-bond donors (Lipinski definition) is 0. The average Bonchev–Trinajstić information content (AvgIpc) is 2.72. The lowest BCUT2D eigenvalue weighted by Gasteiger charge is -2.39. The van der Waals surface area contributed by atoms with Crippen LogP contribution in [0.25, 0.3) is 0 Å². The van der Waals surface area contributed by atoms with Crippen LogP contribution in [0.15, 0.2) is 78.9 Å². The summed E-state index contributed by atoms with van der Waals surface area (Å²) in [7, 11) is 1.79. The molecule has 3 aromatic carbocycles. The zero-order chi connectivity index (χ0) is 20.8. The van der Waals surface area contributed by atoms with Gasteiger partial charge in [-0.15, -0.1) is 0 Å². The third kappa shape index (κ3) is 5.60. The fourth-order valence-corrected chi connectivity index (χ4v) is 3.59. The van der Waals surface area contributed by atoms with Crippen LogP contribution in [-0.4, -0.2) is 24.5 Å². The molecule has 0 aliphatic carbocycles. The number of carbonyl (C=O) groups excluding carboxylic acids is 1. The average molecular weight is 428 g/mol. The molecule has 29 heavy (non-hydrogen) atoms. The Balaban J connectivity index is 0.000000290. The van der Waals surface area contributed by atoms with Crippen LogP contribution in [-0.2, 0) is 9.53 Å². The monoisotopic (exact) mass is 427 g/mol. The Kier molecular flexibility index (Phi) is 7.32. The molecule has 0 spiro atoms. The van der Waals surface area contributed by atoms with Crippen LogP contribution >= 0.6 is 23.2 Å². The molecule has 0 saturated carbocycles. The predicted molar refractivity (Wildman–Crippen MR) is 118 cm³/mol. The molecule has 150 valence electrons. The highest BCUT2D eigenvalue weighted by Crippen LogP contribution is 2.39. The molecule has 0 bridgehead atoms. The van der Waals surface area contributed by atoms with E-state index in [1.54, 1.807) is 11.9 Å². The molecular formula is C24H23Cl2NO2. The lowest BCUT2D eigenvalue weighted by molar-refractivity contribution is -0.155. The van der Waals surface area contributed by atoms with Gasteiger partial charge in [-0.05, 0) is 42.3 Å². The van der Waals surface area contributed by atoms with Crippen molar-refractivity contribution in [1.82, 2.24) is 4.90 Å². The Morgan fingerprint density at radius 2 is 1.55 bits per heavy atom. The van der Waals surface area contributed by atoms with Gasteiger partial charge in [-0.1, -0.05) is 83.4 Å². The van der Waals surface area contributed by atoms with Crippen molar-refractivity contribution in [3.8, 4) is 0 Å². The van der Waals surface area contributed by atoms with Gasteiger partial charge in [0.2, 0.25) is 5.91 Å². The first-order chi connectivity index (χ1) is 14.0. The van der Waals surface area contributed by atoms with Crippen LogP contribution in [0.2, 0.25) is 10.0 Å². The van der Waals surface area contributed by atoms with E-state index in [-0.39, 0.29) is 24.7 Å². The minimum atomic E-state index is -0.262. The number of nitrogens with zero attached hydrogens (tertiary/aromatic N) is 1. The standard InChI is InChI=1S/C17H15Cl2NO2.C7H8/c1-20-15(21)10-22-17(12-3-2-4-14(19)9-12)16(20)11-5-7-13(18)8-6-11;1-7-5-3-2-4-6-7/h2-9,16-17H,10H2,1H3;2-6H,1H3. The lowest BCUT2D eigenvalue weighted by Crippen LogP contribution is -2.43. The van der Waals surface area contributed by atoms with E-state index in [4.69, 9.17) is 27.9 Å². The van der Waals surface area contributed by atoms with Gasteiger partial charge >= 0.3 is 0 Å². The second-order valence-corrected chi connectivity index (χ2v) is 7.82. The minimum absolute atomic E-state index is 0.0433. The Morgan fingerprint density at radius 1 is 0.862 bits per heavy atom. The minimum Gasteiger partial charge on any atom is -0.361 e. The summed E-state index contributed by atoms with van der Waals surface area (Å²) in [6.07, 6.45) is -0.262. The Hall–Kier alpha value is -2.33. The molecular weight excluding hydrogens is 405 g/mol. The summed E-state index contributed by atoms with van der Waals surface area (Å²) in [6, 6.07) is 25.1. The van der Waals surface area contributed by atoms with Gasteiger partial charge in [0.25, 0.3) is 0 Å². The number of morpholine rings is 1. The fourth-order valence-electron chi connectivity index (χ4n) is 3.27. The first kappa shape index (κ1) is 21.4. The van der Waals surface area contributed by atoms with Gasteiger partial charge < -0.3 is 9.64 Å². The maximum atomic E-state index is 12.0. The molecule has 1 heterocycles. The third-order valence-corrected chi connectivity index (χ3v) is 5.30. The summed E-state index contributed by atoms with van der Waals surface area (Å²) >= 11 is 12.1. The van der Waals surface area contributed by atoms with E-state index >= 15 is 0 Å². The van der Waals surface area contributed by atoms with Crippen molar-refractivity contribution in [2.24, 2.45) is 0 Å². The largest absolute Gasteiger partial charge is 0.361 e. The highest BCUT2D eigenvalue weighted by Gasteiger charge is 2.36. The van der Waals surface area contributed by atoms with Crippen molar-refractivity contribution in [2.75, 3.05) is 13.7 Å². The Labute approximate surface area is 181 Å². The molecule has 3 aromatic rings. The van der Waals surface area contributed by atoms with E-state index in [9.17, 15) is 4.79 Å². The molecule has 1 saturated heterocycles. The van der Waals surface area contributed by atoms with E-state index in [1.807, 2.05) is 66.7 Å². The van der Waals surface area contributed by atoms with Gasteiger partial charge in [0.15, 0.2) is 0 Å². The van der Waals surface area contributed by atoms with Crippen molar-refractivity contribution in [2.45, 2.75) is 19.1 Å². The van der Waals surface area contributed by atoms with Crippen molar-refractivity contribution in [3.63, 3.8) is 0 Å². The highest BCUT2D eigenvalue weighted by molar-refractivity contribution is 6.30. The first-order valence-electron chi connectivity index (χ1n) is 9.35. The van der Waals surface area contributed by atoms with Gasteiger partial charge in [0.1, 0.15) is 12.7 Å². The molecule has 1 aliphatic heterocycles. The summed E-state index contributed by atoms with van der Waals surface area (Å²) in [5.41, 5.74) is 3.25.